The summed E-state index contributed by atoms with van der Waals surface area (Å²) in [7, 11) is 0. The number of amides is 1. The van der Waals surface area contributed by atoms with E-state index in [1.54, 1.807) is 0 Å². The molecule has 3 rings (SSSR count). The first-order chi connectivity index (χ1) is 13.4. The highest BCUT2D eigenvalue weighted by molar-refractivity contribution is 6.30. The summed E-state index contributed by atoms with van der Waals surface area (Å²) < 4.78 is 0. The van der Waals surface area contributed by atoms with Gasteiger partial charge in [-0.2, -0.15) is 0 Å². The monoisotopic (exact) mass is 398 g/mol. The molecule has 1 saturated heterocycles. The van der Waals surface area contributed by atoms with Crippen molar-refractivity contribution >= 4 is 23.2 Å². The van der Waals surface area contributed by atoms with Gasteiger partial charge in [-0.1, -0.05) is 55.3 Å². The van der Waals surface area contributed by atoms with Crippen molar-refractivity contribution < 1.29 is 4.79 Å². The van der Waals surface area contributed by atoms with E-state index >= 15 is 0 Å². The van der Waals surface area contributed by atoms with Crippen LogP contribution in [0.5, 0.6) is 0 Å². The van der Waals surface area contributed by atoms with Gasteiger partial charge in [0.1, 0.15) is 0 Å². The van der Waals surface area contributed by atoms with Crippen molar-refractivity contribution in [2.45, 2.75) is 52.6 Å². The summed E-state index contributed by atoms with van der Waals surface area (Å²) in [4.78, 5) is 17.6. The predicted molar refractivity (Wildman–Crippen MR) is 118 cm³/mol. The van der Waals surface area contributed by atoms with Gasteiger partial charge in [0.15, 0.2) is 0 Å². The quantitative estimate of drug-likeness (QED) is 0.623. The van der Waals surface area contributed by atoms with Gasteiger partial charge in [-0.25, -0.2) is 0 Å². The zero-order chi connectivity index (χ0) is 20.1. The van der Waals surface area contributed by atoms with Crippen molar-refractivity contribution in [3.05, 3.63) is 64.7 Å². The zero-order valence-corrected chi connectivity index (χ0v) is 18.0. The third-order valence-electron chi connectivity index (χ3n) is 5.41. The standard InChI is InChI=1S/C24H31ClN2O/c1-18(2)16-24(28)27(22-10-4-19(3)5-11-22)23-12-14-26(15-13-23)17-20-6-8-21(25)9-7-20/h4-11,18,23H,12-17H2,1-3H3. The van der Waals surface area contributed by atoms with Gasteiger partial charge in [-0.05, 0) is 55.5 Å². The third-order valence-corrected chi connectivity index (χ3v) is 5.66. The molecule has 1 fully saturated rings. The number of anilines is 1. The zero-order valence-electron chi connectivity index (χ0n) is 17.2. The summed E-state index contributed by atoms with van der Waals surface area (Å²) in [5.74, 6) is 0.612. The molecule has 0 aliphatic carbocycles. The van der Waals surface area contributed by atoms with Gasteiger partial charge < -0.3 is 4.90 Å². The van der Waals surface area contributed by atoms with Crippen molar-refractivity contribution in [3.63, 3.8) is 0 Å². The van der Waals surface area contributed by atoms with Gasteiger partial charge >= 0.3 is 0 Å². The van der Waals surface area contributed by atoms with Crippen molar-refractivity contribution in [2.75, 3.05) is 18.0 Å². The molecule has 0 unspecified atom stereocenters. The lowest BCUT2D eigenvalue weighted by atomic mass is 9.99. The van der Waals surface area contributed by atoms with Crippen molar-refractivity contribution in [1.82, 2.24) is 4.90 Å². The molecule has 0 saturated carbocycles. The Labute approximate surface area is 174 Å². The minimum absolute atomic E-state index is 0.245. The Bertz CT molecular complexity index is 762. The molecule has 1 amide bonds. The van der Waals surface area contributed by atoms with Crippen LogP contribution >= 0.6 is 11.6 Å². The lowest BCUT2D eigenvalue weighted by Crippen LogP contribution is -2.47. The Kier molecular flexibility index (Phi) is 7.14. The van der Waals surface area contributed by atoms with Crippen molar-refractivity contribution in [2.24, 2.45) is 5.92 Å². The Morgan fingerprint density at radius 1 is 1.07 bits per heavy atom. The van der Waals surface area contributed by atoms with Crippen LogP contribution in [0.2, 0.25) is 5.02 Å². The van der Waals surface area contributed by atoms with Crippen molar-refractivity contribution in [1.29, 1.82) is 0 Å². The number of likely N-dealkylation sites (tertiary alicyclic amines) is 1. The molecule has 0 aromatic heterocycles. The van der Waals surface area contributed by atoms with E-state index in [4.69, 9.17) is 11.6 Å². The lowest BCUT2D eigenvalue weighted by molar-refractivity contribution is -0.120. The Hall–Kier alpha value is -1.84. The fraction of sp³-hybridized carbons (Fsp3) is 0.458. The summed E-state index contributed by atoms with van der Waals surface area (Å²) in [6.45, 7) is 9.25. The average Bonchev–Trinajstić information content (AvgIpc) is 2.66. The van der Waals surface area contributed by atoms with Crippen LogP contribution in [0.3, 0.4) is 0 Å². The molecular formula is C24H31ClN2O. The first-order valence-corrected chi connectivity index (χ1v) is 10.7. The molecule has 2 aromatic rings. The van der Waals surface area contributed by atoms with Crippen LogP contribution in [0.25, 0.3) is 0 Å². The normalized spacial score (nSPS) is 15.8. The Morgan fingerprint density at radius 3 is 2.25 bits per heavy atom. The molecular weight excluding hydrogens is 368 g/mol. The maximum Gasteiger partial charge on any atom is 0.227 e. The molecule has 0 spiro atoms. The molecule has 0 bridgehead atoms. The topological polar surface area (TPSA) is 23.6 Å². The molecule has 1 heterocycles. The Morgan fingerprint density at radius 2 is 1.68 bits per heavy atom. The van der Waals surface area contributed by atoms with Gasteiger partial charge in [0.25, 0.3) is 0 Å². The van der Waals surface area contributed by atoms with Crippen LogP contribution in [-0.4, -0.2) is 29.9 Å². The maximum absolute atomic E-state index is 13.0. The van der Waals surface area contributed by atoms with Gasteiger partial charge in [-0.15, -0.1) is 0 Å². The van der Waals surface area contributed by atoms with E-state index in [2.05, 4.69) is 67.0 Å². The number of rotatable bonds is 6. The molecule has 0 atom stereocenters. The van der Waals surface area contributed by atoms with E-state index in [1.165, 1.54) is 11.1 Å². The summed E-state index contributed by atoms with van der Waals surface area (Å²) in [6, 6.07) is 16.7. The molecule has 2 aromatic carbocycles. The largest absolute Gasteiger partial charge is 0.309 e. The fourth-order valence-electron chi connectivity index (χ4n) is 3.90. The predicted octanol–water partition coefficient (Wildman–Crippen LogP) is 5.69. The lowest BCUT2D eigenvalue weighted by Gasteiger charge is -2.39. The van der Waals surface area contributed by atoms with Crippen LogP contribution in [0.15, 0.2) is 48.5 Å². The van der Waals surface area contributed by atoms with Crippen LogP contribution in [0, 0.1) is 12.8 Å². The second-order valence-corrected chi connectivity index (χ2v) is 8.77. The fourth-order valence-corrected chi connectivity index (χ4v) is 4.02. The number of aryl methyl sites for hydroxylation is 1. The van der Waals surface area contributed by atoms with E-state index in [-0.39, 0.29) is 11.9 Å². The number of nitrogens with zero attached hydrogens (tertiary/aromatic N) is 2. The molecule has 3 nitrogen and oxygen atoms in total. The van der Waals surface area contributed by atoms with E-state index < -0.39 is 0 Å². The number of hydrogen-bond acceptors (Lipinski definition) is 2. The molecule has 0 radical (unpaired) electrons. The third kappa shape index (κ3) is 5.59. The summed E-state index contributed by atoms with van der Waals surface area (Å²) in [5.41, 5.74) is 3.54. The van der Waals surface area contributed by atoms with Gasteiger partial charge in [-0.3, -0.25) is 9.69 Å². The summed E-state index contributed by atoms with van der Waals surface area (Å²) in [6.07, 6.45) is 2.61. The van der Waals surface area contributed by atoms with Gasteiger partial charge in [0, 0.05) is 42.8 Å². The van der Waals surface area contributed by atoms with E-state index in [0.29, 0.717) is 12.3 Å². The second kappa shape index (κ2) is 9.58. The van der Waals surface area contributed by atoms with Crippen LogP contribution in [-0.2, 0) is 11.3 Å². The number of carbonyl (C=O) groups is 1. The number of piperidine rings is 1. The number of carbonyl (C=O) groups excluding carboxylic acids is 1. The molecule has 28 heavy (non-hydrogen) atoms. The summed E-state index contributed by atoms with van der Waals surface area (Å²) in [5, 5.41) is 0.778. The molecule has 4 heteroatoms. The van der Waals surface area contributed by atoms with Crippen LogP contribution in [0.1, 0.15) is 44.2 Å². The summed E-state index contributed by atoms with van der Waals surface area (Å²) >= 11 is 5.99. The number of benzene rings is 2. The second-order valence-electron chi connectivity index (χ2n) is 8.33. The van der Waals surface area contributed by atoms with E-state index in [1.807, 2.05) is 12.1 Å². The van der Waals surface area contributed by atoms with Gasteiger partial charge in [0.2, 0.25) is 5.91 Å². The smallest absolute Gasteiger partial charge is 0.227 e. The first kappa shape index (κ1) is 20.9. The minimum Gasteiger partial charge on any atom is -0.309 e. The molecule has 150 valence electrons. The molecule has 1 aliphatic rings. The SMILES string of the molecule is Cc1ccc(N(C(=O)CC(C)C)C2CCN(Cc3ccc(Cl)cc3)CC2)cc1. The first-order valence-electron chi connectivity index (χ1n) is 10.3. The van der Waals surface area contributed by atoms with Crippen LogP contribution in [0.4, 0.5) is 5.69 Å². The number of hydrogen-bond donors (Lipinski definition) is 0. The Balaban J connectivity index is 1.67. The van der Waals surface area contributed by atoms with Crippen molar-refractivity contribution in [3.8, 4) is 0 Å². The molecule has 1 aliphatic heterocycles. The van der Waals surface area contributed by atoms with Crippen LogP contribution < -0.4 is 4.90 Å². The van der Waals surface area contributed by atoms with E-state index in [9.17, 15) is 4.79 Å². The minimum atomic E-state index is 0.245. The van der Waals surface area contributed by atoms with E-state index in [0.717, 1.165) is 43.2 Å². The average molecular weight is 399 g/mol. The highest BCUT2D eigenvalue weighted by atomic mass is 35.5. The maximum atomic E-state index is 13.0. The molecule has 0 N–H and O–H groups in total. The highest BCUT2D eigenvalue weighted by Crippen LogP contribution is 2.27. The van der Waals surface area contributed by atoms with Gasteiger partial charge in [0.05, 0.1) is 0 Å². The highest BCUT2D eigenvalue weighted by Gasteiger charge is 2.29. The number of halogens is 1.